The Morgan fingerprint density at radius 3 is 2.60 bits per heavy atom. The number of dihydropyridines is 1. The van der Waals surface area contributed by atoms with Gasteiger partial charge in [-0.25, -0.2) is 0 Å². The fourth-order valence-electron chi connectivity index (χ4n) is 3.48. The summed E-state index contributed by atoms with van der Waals surface area (Å²) in [6, 6.07) is 12.4. The van der Waals surface area contributed by atoms with Gasteiger partial charge in [0.25, 0.3) is 5.91 Å². The fraction of sp³-hybridized carbons (Fsp3) is 0.130. The van der Waals surface area contributed by atoms with Crippen LogP contribution in [0.1, 0.15) is 10.4 Å². The van der Waals surface area contributed by atoms with E-state index in [4.69, 9.17) is 10.1 Å². The molecule has 0 saturated heterocycles. The van der Waals surface area contributed by atoms with Gasteiger partial charge in [0, 0.05) is 11.9 Å². The van der Waals surface area contributed by atoms with E-state index in [0.717, 1.165) is 29.0 Å². The monoisotopic (exact) mass is 402 g/mol. The predicted molar refractivity (Wildman–Crippen MR) is 115 cm³/mol. The second kappa shape index (κ2) is 8.16. The molecule has 3 N–H and O–H groups in total. The molecule has 0 radical (unpaired) electrons. The molecule has 2 heterocycles. The average molecular weight is 402 g/mol. The first-order valence-corrected chi connectivity index (χ1v) is 9.55. The Kier molecular flexibility index (Phi) is 5.26. The highest BCUT2D eigenvalue weighted by atomic mass is 16.5. The van der Waals surface area contributed by atoms with Gasteiger partial charge in [-0.1, -0.05) is 24.8 Å². The molecule has 0 saturated carbocycles. The largest absolute Gasteiger partial charge is 0.508 e. The van der Waals surface area contributed by atoms with Crippen LogP contribution < -0.4 is 10.1 Å². The first kappa shape index (κ1) is 19.3. The van der Waals surface area contributed by atoms with Crippen LogP contribution in [-0.2, 0) is 0 Å². The third-order valence-corrected chi connectivity index (χ3v) is 5.08. The predicted octanol–water partition coefficient (Wildman–Crippen LogP) is 3.27. The van der Waals surface area contributed by atoms with E-state index in [2.05, 4.69) is 11.9 Å². The zero-order valence-corrected chi connectivity index (χ0v) is 16.3. The summed E-state index contributed by atoms with van der Waals surface area (Å²) < 4.78 is 5.89. The lowest BCUT2D eigenvalue weighted by molar-refractivity contribution is 0.0803. The highest BCUT2D eigenvalue weighted by Gasteiger charge is 2.27. The quantitative estimate of drug-likeness (QED) is 0.528. The molecule has 1 amide bonds. The van der Waals surface area contributed by atoms with Crippen LogP contribution in [0.4, 0.5) is 0 Å². The molecule has 2 aromatic rings. The third-order valence-electron chi connectivity index (χ3n) is 5.08. The molecule has 0 unspecified atom stereocenters. The van der Waals surface area contributed by atoms with E-state index >= 15 is 0 Å². The van der Waals surface area contributed by atoms with Gasteiger partial charge < -0.3 is 20.1 Å². The first-order valence-electron chi connectivity index (χ1n) is 9.55. The van der Waals surface area contributed by atoms with Crippen LogP contribution in [0.2, 0.25) is 0 Å². The maximum Gasteiger partial charge on any atom is 0.261 e. The molecular formula is C23H22N4O3. The Morgan fingerprint density at radius 2 is 1.93 bits per heavy atom. The summed E-state index contributed by atoms with van der Waals surface area (Å²) in [4.78, 5) is 16.5. The van der Waals surface area contributed by atoms with Crippen molar-refractivity contribution in [3.05, 3.63) is 84.5 Å². The van der Waals surface area contributed by atoms with Crippen LogP contribution in [0.15, 0.2) is 78.9 Å². The summed E-state index contributed by atoms with van der Waals surface area (Å²) in [5, 5.41) is 20.1. The minimum Gasteiger partial charge on any atom is -0.508 e. The van der Waals surface area contributed by atoms with Crippen molar-refractivity contribution in [1.82, 2.24) is 15.1 Å². The Hall–Kier alpha value is -4.00. The number of carbonyl (C=O) groups is 1. The number of amides is 1. The van der Waals surface area contributed by atoms with E-state index in [0.29, 0.717) is 31.0 Å². The number of nitrogens with zero attached hydrogens (tertiary/aromatic N) is 2. The van der Waals surface area contributed by atoms with Crippen molar-refractivity contribution in [1.29, 1.82) is 5.41 Å². The van der Waals surface area contributed by atoms with Crippen LogP contribution in [0.5, 0.6) is 11.5 Å². The maximum atomic E-state index is 13.2. The molecular weight excluding hydrogens is 380 g/mol. The Morgan fingerprint density at radius 1 is 1.17 bits per heavy atom. The van der Waals surface area contributed by atoms with Crippen LogP contribution in [-0.4, -0.2) is 46.8 Å². The molecule has 2 aliphatic rings. The number of fused-ring (bicyclic) bond motifs is 1. The summed E-state index contributed by atoms with van der Waals surface area (Å²) in [5.41, 5.74) is 3.19. The van der Waals surface area contributed by atoms with Crippen molar-refractivity contribution < 1.29 is 14.6 Å². The molecule has 30 heavy (non-hydrogen) atoms. The van der Waals surface area contributed by atoms with Crippen LogP contribution in [0.3, 0.4) is 0 Å². The average Bonchev–Trinajstić information content (AvgIpc) is 2.94. The number of nitrogens with one attached hydrogen (secondary N) is 2. The van der Waals surface area contributed by atoms with Crippen molar-refractivity contribution in [3.8, 4) is 22.6 Å². The molecule has 7 nitrogen and oxygen atoms in total. The number of benzene rings is 2. The fourth-order valence-corrected chi connectivity index (χ4v) is 3.48. The summed E-state index contributed by atoms with van der Waals surface area (Å²) in [7, 11) is 0. The van der Waals surface area contributed by atoms with E-state index in [1.165, 1.54) is 6.20 Å². The summed E-state index contributed by atoms with van der Waals surface area (Å²) >= 11 is 0. The maximum absolute atomic E-state index is 13.2. The van der Waals surface area contributed by atoms with Gasteiger partial charge >= 0.3 is 0 Å². The zero-order valence-electron chi connectivity index (χ0n) is 16.3. The number of allylic oxidation sites excluding steroid dienone is 2. The van der Waals surface area contributed by atoms with Gasteiger partial charge in [0.2, 0.25) is 0 Å². The molecule has 0 atom stereocenters. The van der Waals surface area contributed by atoms with E-state index in [9.17, 15) is 9.90 Å². The van der Waals surface area contributed by atoms with Crippen LogP contribution in [0.25, 0.3) is 11.1 Å². The van der Waals surface area contributed by atoms with Gasteiger partial charge in [0.1, 0.15) is 23.9 Å². The summed E-state index contributed by atoms with van der Waals surface area (Å²) in [6.07, 6.45) is 6.40. The molecule has 0 aliphatic carbocycles. The molecule has 0 aromatic heterocycles. The molecule has 7 heteroatoms. The zero-order chi connectivity index (χ0) is 21.1. The van der Waals surface area contributed by atoms with Gasteiger partial charge in [-0.05, 0) is 47.5 Å². The molecule has 2 aromatic carbocycles. The number of carbonyl (C=O) groups excluding carboxylic acids is 1. The van der Waals surface area contributed by atoms with Gasteiger partial charge in [-0.3, -0.25) is 15.1 Å². The summed E-state index contributed by atoms with van der Waals surface area (Å²) in [5.74, 6) is 1.37. The molecule has 2 aliphatic heterocycles. The van der Waals surface area contributed by atoms with E-state index in [1.54, 1.807) is 28.0 Å². The lowest BCUT2D eigenvalue weighted by atomic mass is 10.0. The van der Waals surface area contributed by atoms with Crippen molar-refractivity contribution in [2.75, 3.05) is 19.7 Å². The van der Waals surface area contributed by atoms with Crippen molar-refractivity contribution in [2.24, 2.45) is 0 Å². The highest BCUT2D eigenvalue weighted by molar-refractivity contribution is 5.99. The van der Waals surface area contributed by atoms with Crippen molar-refractivity contribution >= 4 is 12.2 Å². The topological polar surface area (TPSA) is 88.9 Å². The molecule has 4 rings (SSSR count). The number of hydrogen-bond donors (Lipinski definition) is 3. The van der Waals surface area contributed by atoms with E-state index in [1.807, 2.05) is 36.4 Å². The Balaban J connectivity index is 1.61. The van der Waals surface area contributed by atoms with E-state index < -0.39 is 0 Å². The van der Waals surface area contributed by atoms with Crippen LogP contribution in [0, 0.1) is 5.41 Å². The standard InChI is InChI=1S/C23H22N4O3/c1-2-26(15-24)22-10-6-18(14-25-22)27-11-12-30-21-13-17(5-9-20(21)23(27)29)16-3-7-19(28)8-4-16/h2-10,13,15,24-25,28H,1,11-12,14H2. The Bertz CT molecular complexity index is 1050. The Labute approximate surface area is 174 Å². The van der Waals surface area contributed by atoms with Gasteiger partial charge in [-0.2, -0.15) is 0 Å². The van der Waals surface area contributed by atoms with Gasteiger partial charge in [0.15, 0.2) is 0 Å². The van der Waals surface area contributed by atoms with Crippen LogP contribution >= 0.6 is 0 Å². The lowest BCUT2D eigenvalue weighted by Gasteiger charge is -2.28. The number of hydrogen-bond acceptors (Lipinski definition) is 5. The van der Waals surface area contributed by atoms with Crippen molar-refractivity contribution in [3.63, 3.8) is 0 Å². The minimum atomic E-state index is -0.114. The minimum absolute atomic E-state index is 0.114. The van der Waals surface area contributed by atoms with Crippen molar-refractivity contribution in [2.45, 2.75) is 0 Å². The highest BCUT2D eigenvalue weighted by Crippen LogP contribution is 2.31. The first-order chi connectivity index (χ1) is 14.6. The smallest absolute Gasteiger partial charge is 0.261 e. The number of rotatable bonds is 5. The van der Waals surface area contributed by atoms with Gasteiger partial charge in [-0.15, -0.1) is 0 Å². The van der Waals surface area contributed by atoms with E-state index in [-0.39, 0.29) is 11.7 Å². The number of aromatic hydroxyl groups is 1. The summed E-state index contributed by atoms with van der Waals surface area (Å²) in [6.45, 7) is 4.95. The molecule has 0 fully saturated rings. The second-order valence-corrected chi connectivity index (χ2v) is 6.85. The van der Waals surface area contributed by atoms with Gasteiger partial charge in [0.05, 0.1) is 25.0 Å². The molecule has 152 valence electrons. The number of ether oxygens (including phenoxy) is 1. The molecule has 0 spiro atoms. The second-order valence-electron chi connectivity index (χ2n) is 6.85. The number of phenolic OH excluding ortho intramolecular Hbond substituents is 1. The lowest BCUT2D eigenvalue weighted by Crippen LogP contribution is -2.39. The normalized spacial score (nSPS) is 15.6. The molecule has 0 bridgehead atoms. The third kappa shape index (κ3) is 3.65. The SMILES string of the molecule is C=CN(C=N)C1=CC=C(N2CCOc3cc(-c4ccc(O)cc4)ccc3C2=O)CN1. The number of phenols is 1.